The molecule has 0 unspecified atom stereocenters. The molecule has 0 N–H and O–H groups in total. The summed E-state index contributed by atoms with van der Waals surface area (Å²) in [6.45, 7) is 0. The van der Waals surface area contributed by atoms with Gasteiger partial charge in [0.05, 0.1) is 0 Å². The lowest BCUT2D eigenvalue weighted by Gasteiger charge is -1.95. The summed E-state index contributed by atoms with van der Waals surface area (Å²) in [5.41, 5.74) is 0.311. The first-order chi connectivity index (χ1) is 5.54. The van der Waals surface area contributed by atoms with E-state index in [1.807, 2.05) is 0 Å². The van der Waals surface area contributed by atoms with Gasteiger partial charge in [-0.3, -0.25) is 4.79 Å². The molecule has 1 heterocycles. The molecule has 64 valence electrons. The molecule has 0 aliphatic rings. The Labute approximate surface area is 70.2 Å². The van der Waals surface area contributed by atoms with Gasteiger partial charge in [0.25, 0.3) is 0 Å². The van der Waals surface area contributed by atoms with Gasteiger partial charge in [0.15, 0.2) is 14.9 Å². The van der Waals surface area contributed by atoms with E-state index in [1.165, 1.54) is 18.3 Å². The second-order valence-corrected chi connectivity index (χ2v) is 4.28. The molecule has 0 spiro atoms. The summed E-state index contributed by atoms with van der Waals surface area (Å²) >= 11 is 0. The van der Waals surface area contributed by atoms with Gasteiger partial charge in [-0.25, -0.2) is 13.4 Å². The van der Waals surface area contributed by atoms with E-state index in [1.54, 1.807) is 0 Å². The number of hydrogen-bond acceptors (Lipinski definition) is 4. The number of rotatable bonds is 2. The van der Waals surface area contributed by atoms with E-state index in [4.69, 9.17) is 0 Å². The van der Waals surface area contributed by atoms with Crippen molar-refractivity contribution >= 4 is 16.1 Å². The fourth-order valence-electron chi connectivity index (χ4n) is 0.701. The van der Waals surface area contributed by atoms with Crippen LogP contribution in [0, 0.1) is 0 Å². The Hall–Kier alpha value is -1.23. The summed E-state index contributed by atoms with van der Waals surface area (Å²) in [6.07, 6.45) is 2.92. The lowest BCUT2D eigenvalue weighted by molar-refractivity contribution is 0.112. The fourth-order valence-corrected chi connectivity index (χ4v) is 1.30. The SMILES string of the molecule is CS(=O)(=O)c1cc(C=O)ccn1. The van der Waals surface area contributed by atoms with Crippen LogP contribution in [0.15, 0.2) is 23.4 Å². The number of hydrogen-bond donors (Lipinski definition) is 0. The first-order valence-corrected chi connectivity index (χ1v) is 5.04. The van der Waals surface area contributed by atoms with Crippen LogP contribution in [-0.2, 0) is 9.84 Å². The maximum Gasteiger partial charge on any atom is 0.192 e. The number of aromatic nitrogens is 1. The smallest absolute Gasteiger partial charge is 0.192 e. The van der Waals surface area contributed by atoms with Crippen LogP contribution in [0.5, 0.6) is 0 Å². The molecule has 0 amide bonds. The van der Waals surface area contributed by atoms with Crippen molar-refractivity contribution in [1.82, 2.24) is 4.98 Å². The molecule has 5 heteroatoms. The van der Waals surface area contributed by atoms with E-state index in [0.29, 0.717) is 11.8 Å². The highest BCUT2D eigenvalue weighted by Gasteiger charge is 2.08. The lowest BCUT2D eigenvalue weighted by Crippen LogP contribution is -2.00. The Morgan fingerprint density at radius 3 is 2.67 bits per heavy atom. The molecule has 0 bridgehead atoms. The normalized spacial score (nSPS) is 11.1. The van der Waals surface area contributed by atoms with Gasteiger partial charge in [0, 0.05) is 18.0 Å². The van der Waals surface area contributed by atoms with Crippen molar-refractivity contribution in [2.75, 3.05) is 6.26 Å². The molecule has 1 aromatic heterocycles. The Kier molecular flexibility index (Phi) is 2.23. The molecule has 0 saturated carbocycles. The second-order valence-electron chi connectivity index (χ2n) is 2.32. The third-order valence-electron chi connectivity index (χ3n) is 1.27. The van der Waals surface area contributed by atoms with Crippen molar-refractivity contribution in [2.24, 2.45) is 0 Å². The minimum absolute atomic E-state index is 0.0768. The zero-order valence-corrected chi connectivity index (χ0v) is 7.21. The number of nitrogens with zero attached hydrogens (tertiary/aromatic N) is 1. The van der Waals surface area contributed by atoms with E-state index in [2.05, 4.69) is 4.98 Å². The monoisotopic (exact) mass is 185 g/mol. The first kappa shape index (κ1) is 8.86. The van der Waals surface area contributed by atoms with Crippen molar-refractivity contribution in [2.45, 2.75) is 5.03 Å². The molecule has 0 aliphatic carbocycles. The summed E-state index contributed by atoms with van der Waals surface area (Å²) in [5.74, 6) is 0. The molecular weight excluding hydrogens is 178 g/mol. The number of pyridine rings is 1. The molecule has 4 nitrogen and oxygen atoms in total. The molecule has 1 rings (SSSR count). The standard InChI is InChI=1S/C7H7NO3S/c1-12(10,11)7-4-6(5-9)2-3-8-7/h2-5H,1H3. The average Bonchev–Trinajstić information content (AvgIpc) is 2.03. The Morgan fingerprint density at radius 2 is 2.17 bits per heavy atom. The molecule has 0 radical (unpaired) electrons. The van der Waals surface area contributed by atoms with Gasteiger partial charge in [-0.2, -0.15) is 0 Å². The predicted molar refractivity (Wildman–Crippen MR) is 42.7 cm³/mol. The van der Waals surface area contributed by atoms with Crippen LogP contribution in [-0.4, -0.2) is 25.9 Å². The van der Waals surface area contributed by atoms with Gasteiger partial charge >= 0.3 is 0 Å². The maximum absolute atomic E-state index is 10.9. The Bertz CT molecular complexity index is 397. The van der Waals surface area contributed by atoms with Gasteiger partial charge in [-0.05, 0) is 12.1 Å². The van der Waals surface area contributed by atoms with Crippen LogP contribution >= 0.6 is 0 Å². The summed E-state index contributed by atoms with van der Waals surface area (Å²) in [5, 5.41) is -0.0768. The minimum Gasteiger partial charge on any atom is -0.298 e. The summed E-state index contributed by atoms with van der Waals surface area (Å²) in [7, 11) is -3.31. The van der Waals surface area contributed by atoms with E-state index in [9.17, 15) is 13.2 Å². The van der Waals surface area contributed by atoms with Crippen LogP contribution in [0.1, 0.15) is 10.4 Å². The summed E-state index contributed by atoms with van der Waals surface area (Å²) < 4.78 is 21.8. The van der Waals surface area contributed by atoms with Gasteiger partial charge in [0.2, 0.25) is 0 Å². The molecule has 0 atom stereocenters. The average molecular weight is 185 g/mol. The number of carbonyl (C=O) groups is 1. The van der Waals surface area contributed by atoms with Crippen molar-refractivity contribution in [3.8, 4) is 0 Å². The molecule has 0 fully saturated rings. The number of aldehydes is 1. The molecule has 0 aromatic carbocycles. The highest BCUT2D eigenvalue weighted by atomic mass is 32.2. The fraction of sp³-hybridized carbons (Fsp3) is 0.143. The van der Waals surface area contributed by atoms with E-state index >= 15 is 0 Å². The summed E-state index contributed by atoms with van der Waals surface area (Å²) in [4.78, 5) is 13.9. The van der Waals surface area contributed by atoms with Crippen LogP contribution in [0.3, 0.4) is 0 Å². The molecular formula is C7H7NO3S. The molecule has 0 aliphatic heterocycles. The lowest BCUT2D eigenvalue weighted by atomic mass is 10.3. The quantitative estimate of drug-likeness (QED) is 0.621. The van der Waals surface area contributed by atoms with Crippen LogP contribution in [0.4, 0.5) is 0 Å². The van der Waals surface area contributed by atoms with Crippen molar-refractivity contribution in [3.05, 3.63) is 23.9 Å². The van der Waals surface area contributed by atoms with Gasteiger partial charge in [-0.15, -0.1) is 0 Å². The van der Waals surface area contributed by atoms with E-state index in [-0.39, 0.29) is 5.03 Å². The zero-order chi connectivity index (χ0) is 9.19. The molecule has 12 heavy (non-hydrogen) atoms. The third kappa shape index (κ3) is 1.88. The van der Waals surface area contributed by atoms with Crippen LogP contribution in [0.2, 0.25) is 0 Å². The molecule has 0 saturated heterocycles. The first-order valence-electron chi connectivity index (χ1n) is 3.15. The van der Waals surface area contributed by atoms with Gasteiger partial charge < -0.3 is 0 Å². The van der Waals surface area contributed by atoms with Gasteiger partial charge in [0.1, 0.15) is 6.29 Å². The number of sulfone groups is 1. The topological polar surface area (TPSA) is 64.1 Å². The van der Waals surface area contributed by atoms with Crippen LogP contribution < -0.4 is 0 Å². The highest BCUT2D eigenvalue weighted by molar-refractivity contribution is 7.90. The largest absolute Gasteiger partial charge is 0.298 e. The highest BCUT2D eigenvalue weighted by Crippen LogP contribution is 2.05. The Balaban J connectivity index is 3.29. The van der Waals surface area contributed by atoms with Gasteiger partial charge in [-0.1, -0.05) is 0 Å². The number of carbonyl (C=O) groups excluding carboxylic acids is 1. The van der Waals surface area contributed by atoms with E-state index in [0.717, 1.165) is 6.26 Å². The third-order valence-corrected chi connectivity index (χ3v) is 2.26. The maximum atomic E-state index is 10.9. The minimum atomic E-state index is -3.31. The van der Waals surface area contributed by atoms with Crippen molar-refractivity contribution in [1.29, 1.82) is 0 Å². The second kappa shape index (κ2) is 3.02. The zero-order valence-electron chi connectivity index (χ0n) is 6.39. The van der Waals surface area contributed by atoms with Crippen LogP contribution in [0.25, 0.3) is 0 Å². The van der Waals surface area contributed by atoms with Crippen molar-refractivity contribution < 1.29 is 13.2 Å². The predicted octanol–water partition coefficient (Wildman–Crippen LogP) is 0.298. The molecule has 1 aromatic rings. The van der Waals surface area contributed by atoms with Crippen molar-refractivity contribution in [3.63, 3.8) is 0 Å². The Morgan fingerprint density at radius 1 is 1.50 bits per heavy atom. The van der Waals surface area contributed by atoms with E-state index < -0.39 is 9.84 Å². The summed E-state index contributed by atoms with van der Waals surface area (Å²) in [6, 6.07) is 2.68.